The SMILES string of the molecule is O=C(C=C(O)c1cccs1)c1ccc(Cc2ccc(F)cc2)o1. The maximum Gasteiger partial charge on any atom is 0.224 e. The molecule has 2 aromatic heterocycles. The van der Waals surface area contributed by atoms with Gasteiger partial charge < -0.3 is 9.52 Å². The van der Waals surface area contributed by atoms with Gasteiger partial charge in [0.2, 0.25) is 5.78 Å². The maximum absolute atomic E-state index is 12.9. The molecule has 0 radical (unpaired) electrons. The van der Waals surface area contributed by atoms with Crippen molar-refractivity contribution in [3.63, 3.8) is 0 Å². The Labute approximate surface area is 136 Å². The topological polar surface area (TPSA) is 50.4 Å². The van der Waals surface area contributed by atoms with Gasteiger partial charge >= 0.3 is 0 Å². The molecular formula is C18H13FO3S. The Kier molecular flexibility index (Phi) is 4.39. The average molecular weight is 328 g/mol. The molecule has 3 rings (SSSR count). The van der Waals surface area contributed by atoms with Crippen molar-refractivity contribution in [1.82, 2.24) is 0 Å². The predicted molar refractivity (Wildman–Crippen MR) is 87.2 cm³/mol. The third kappa shape index (κ3) is 3.76. The van der Waals surface area contributed by atoms with Crippen molar-refractivity contribution in [3.05, 3.63) is 87.8 Å². The molecule has 1 N–H and O–H groups in total. The molecule has 0 aliphatic heterocycles. The van der Waals surface area contributed by atoms with Crippen molar-refractivity contribution in [2.75, 3.05) is 0 Å². The standard InChI is InChI=1S/C18H13FO3S/c19-13-5-3-12(4-6-13)10-14-7-8-17(22-14)15(20)11-16(21)18-2-1-9-23-18/h1-9,11,21H,10H2. The van der Waals surface area contributed by atoms with E-state index in [9.17, 15) is 14.3 Å². The molecule has 3 nitrogen and oxygen atoms in total. The Balaban J connectivity index is 1.72. The molecule has 23 heavy (non-hydrogen) atoms. The number of allylic oxidation sites excluding steroid dienone is 1. The van der Waals surface area contributed by atoms with Crippen LogP contribution >= 0.6 is 11.3 Å². The van der Waals surface area contributed by atoms with Crippen LogP contribution in [-0.4, -0.2) is 10.9 Å². The lowest BCUT2D eigenvalue weighted by Crippen LogP contribution is -1.94. The Morgan fingerprint density at radius 1 is 1.17 bits per heavy atom. The van der Waals surface area contributed by atoms with Crippen LogP contribution in [0.4, 0.5) is 4.39 Å². The number of rotatable bonds is 5. The van der Waals surface area contributed by atoms with Gasteiger partial charge in [0.05, 0.1) is 4.88 Å². The molecule has 0 unspecified atom stereocenters. The molecule has 0 bridgehead atoms. The van der Waals surface area contributed by atoms with E-state index in [1.165, 1.54) is 23.5 Å². The Morgan fingerprint density at radius 3 is 2.65 bits per heavy atom. The minimum Gasteiger partial charge on any atom is -0.506 e. The van der Waals surface area contributed by atoms with Gasteiger partial charge in [0.1, 0.15) is 17.3 Å². The number of benzene rings is 1. The number of thiophene rings is 1. The summed E-state index contributed by atoms with van der Waals surface area (Å²) in [6.45, 7) is 0. The van der Waals surface area contributed by atoms with E-state index in [1.807, 2.05) is 5.38 Å². The average Bonchev–Trinajstić information content (AvgIpc) is 3.21. The molecule has 3 aromatic rings. The van der Waals surface area contributed by atoms with Gasteiger partial charge in [-0.3, -0.25) is 4.79 Å². The van der Waals surface area contributed by atoms with Crippen molar-refractivity contribution in [1.29, 1.82) is 0 Å². The normalized spacial score (nSPS) is 11.6. The number of aliphatic hydroxyl groups is 1. The van der Waals surface area contributed by atoms with E-state index < -0.39 is 5.78 Å². The van der Waals surface area contributed by atoms with Crippen LogP contribution in [0.1, 0.15) is 26.8 Å². The Hall–Kier alpha value is -2.66. The Bertz CT molecular complexity index is 830. The summed E-state index contributed by atoms with van der Waals surface area (Å²) >= 11 is 1.34. The summed E-state index contributed by atoms with van der Waals surface area (Å²) in [7, 11) is 0. The van der Waals surface area contributed by atoms with Gasteiger partial charge in [-0.25, -0.2) is 4.39 Å². The van der Waals surface area contributed by atoms with Crippen LogP contribution in [0.15, 0.2) is 64.4 Å². The first kappa shape index (κ1) is 15.2. The first-order valence-corrected chi connectivity index (χ1v) is 7.82. The number of ketones is 1. The number of halogens is 1. The highest BCUT2D eigenvalue weighted by molar-refractivity contribution is 7.11. The van der Waals surface area contributed by atoms with E-state index >= 15 is 0 Å². The van der Waals surface area contributed by atoms with Crippen molar-refractivity contribution >= 4 is 22.9 Å². The molecule has 0 aliphatic carbocycles. The summed E-state index contributed by atoms with van der Waals surface area (Å²) in [5, 5.41) is 11.7. The fourth-order valence-electron chi connectivity index (χ4n) is 2.10. The van der Waals surface area contributed by atoms with Gasteiger partial charge in [-0.15, -0.1) is 11.3 Å². The predicted octanol–water partition coefficient (Wildman–Crippen LogP) is 4.85. The first-order chi connectivity index (χ1) is 11.1. The number of furan rings is 1. The van der Waals surface area contributed by atoms with Crippen LogP contribution in [0, 0.1) is 5.82 Å². The van der Waals surface area contributed by atoms with Gasteiger partial charge in [-0.2, -0.15) is 0 Å². The third-order valence-electron chi connectivity index (χ3n) is 3.24. The second kappa shape index (κ2) is 6.62. The van der Waals surface area contributed by atoms with E-state index in [2.05, 4.69) is 0 Å². The third-order valence-corrected chi connectivity index (χ3v) is 4.13. The van der Waals surface area contributed by atoms with Crippen LogP contribution in [0.3, 0.4) is 0 Å². The molecule has 5 heteroatoms. The number of hydrogen-bond donors (Lipinski definition) is 1. The van der Waals surface area contributed by atoms with Gasteiger partial charge in [-0.1, -0.05) is 18.2 Å². The largest absolute Gasteiger partial charge is 0.506 e. The monoisotopic (exact) mass is 328 g/mol. The smallest absolute Gasteiger partial charge is 0.224 e. The molecule has 0 aliphatic rings. The number of aliphatic hydroxyl groups excluding tert-OH is 1. The van der Waals surface area contributed by atoms with E-state index in [0.29, 0.717) is 17.1 Å². The lowest BCUT2D eigenvalue weighted by molar-refractivity contribution is 0.101. The minimum atomic E-state index is -0.402. The molecule has 0 spiro atoms. The summed E-state index contributed by atoms with van der Waals surface area (Å²) in [5.74, 6) is -0.0184. The lowest BCUT2D eigenvalue weighted by atomic mass is 10.1. The highest BCUT2D eigenvalue weighted by Gasteiger charge is 2.12. The zero-order valence-electron chi connectivity index (χ0n) is 12.0. The van der Waals surface area contributed by atoms with Crippen molar-refractivity contribution in [2.24, 2.45) is 0 Å². The molecule has 0 saturated carbocycles. The van der Waals surface area contributed by atoms with Crippen LogP contribution in [0.5, 0.6) is 0 Å². The summed E-state index contributed by atoms with van der Waals surface area (Å²) in [4.78, 5) is 12.7. The molecule has 1 aromatic carbocycles. The quantitative estimate of drug-likeness (QED) is 0.414. The van der Waals surface area contributed by atoms with Crippen molar-refractivity contribution in [3.8, 4) is 0 Å². The van der Waals surface area contributed by atoms with Gasteiger partial charge in [0.15, 0.2) is 5.76 Å². The van der Waals surface area contributed by atoms with Crippen molar-refractivity contribution < 1.29 is 18.7 Å². The highest BCUT2D eigenvalue weighted by Crippen LogP contribution is 2.19. The summed E-state index contributed by atoms with van der Waals surface area (Å²) in [5.41, 5.74) is 0.886. The molecule has 0 saturated heterocycles. The molecule has 2 heterocycles. The van der Waals surface area contributed by atoms with Gasteiger partial charge in [0, 0.05) is 12.5 Å². The van der Waals surface area contributed by atoms with Crippen LogP contribution in [-0.2, 0) is 6.42 Å². The van der Waals surface area contributed by atoms with E-state index in [-0.39, 0.29) is 17.3 Å². The zero-order valence-corrected chi connectivity index (χ0v) is 12.8. The van der Waals surface area contributed by atoms with Gasteiger partial charge in [-0.05, 0) is 41.3 Å². The van der Waals surface area contributed by atoms with Crippen LogP contribution < -0.4 is 0 Å². The maximum atomic E-state index is 12.9. The Morgan fingerprint density at radius 2 is 1.96 bits per heavy atom. The summed E-state index contributed by atoms with van der Waals surface area (Å²) in [6, 6.07) is 12.9. The molecular weight excluding hydrogens is 315 g/mol. The first-order valence-electron chi connectivity index (χ1n) is 6.94. The summed E-state index contributed by atoms with van der Waals surface area (Å²) < 4.78 is 18.4. The van der Waals surface area contributed by atoms with Crippen molar-refractivity contribution in [2.45, 2.75) is 6.42 Å². The second-order valence-electron chi connectivity index (χ2n) is 4.94. The zero-order chi connectivity index (χ0) is 16.2. The molecule has 0 amide bonds. The van der Waals surface area contributed by atoms with Gasteiger partial charge in [0.25, 0.3) is 0 Å². The highest BCUT2D eigenvalue weighted by atomic mass is 32.1. The second-order valence-corrected chi connectivity index (χ2v) is 5.89. The van der Waals surface area contributed by atoms with Crippen LogP contribution in [0.25, 0.3) is 5.76 Å². The van der Waals surface area contributed by atoms with E-state index in [0.717, 1.165) is 11.6 Å². The lowest BCUT2D eigenvalue weighted by Gasteiger charge is -1.98. The number of hydrogen-bond acceptors (Lipinski definition) is 4. The molecule has 116 valence electrons. The minimum absolute atomic E-state index is 0.0820. The van der Waals surface area contributed by atoms with Crippen LogP contribution in [0.2, 0.25) is 0 Å². The van der Waals surface area contributed by atoms with E-state index in [4.69, 9.17) is 4.42 Å². The molecule has 0 atom stereocenters. The summed E-state index contributed by atoms with van der Waals surface area (Å²) in [6.07, 6.45) is 1.61. The fraction of sp³-hybridized carbons (Fsp3) is 0.0556. The number of carbonyl (C=O) groups is 1. The fourth-order valence-corrected chi connectivity index (χ4v) is 2.74. The number of carbonyl (C=O) groups excluding carboxylic acids is 1. The van der Waals surface area contributed by atoms with E-state index in [1.54, 1.807) is 36.4 Å². The molecule has 0 fully saturated rings.